The minimum atomic E-state index is -0.117. The first-order valence-corrected chi connectivity index (χ1v) is 7.58. The highest BCUT2D eigenvalue weighted by atomic mass is 16.5. The fourth-order valence-corrected chi connectivity index (χ4v) is 2.50. The number of nitrogens with one attached hydrogen (secondary N) is 2. The molecule has 0 fully saturated rings. The average molecular weight is 312 g/mol. The molecule has 1 atom stereocenters. The Morgan fingerprint density at radius 1 is 1.26 bits per heavy atom. The van der Waals surface area contributed by atoms with Crippen LogP contribution < -0.4 is 20.1 Å². The zero-order chi connectivity index (χ0) is 16.2. The number of anilines is 1. The van der Waals surface area contributed by atoms with Crippen molar-refractivity contribution in [2.75, 3.05) is 19.0 Å². The van der Waals surface area contributed by atoms with Crippen molar-refractivity contribution in [3.05, 3.63) is 53.6 Å². The van der Waals surface area contributed by atoms with E-state index in [1.54, 1.807) is 7.11 Å². The predicted molar refractivity (Wildman–Crippen MR) is 88.8 cm³/mol. The second-order valence-corrected chi connectivity index (χ2v) is 5.54. The summed E-state index contributed by atoms with van der Waals surface area (Å²) in [6.45, 7) is 2.93. The first kappa shape index (κ1) is 15.4. The second-order valence-electron chi connectivity index (χ2n) is 5.54. The van der Waals surface area contributed by atoms with Crippen LogP contribution in [0.5, 0.6) is 11.5 Å². The zero-order valence-electron chi connectivity index (χ0n) is 13.3. The molecule has 0 aromatic heterocycles. The third-order valence-corrected chi connectivity index (χ3v) is 3.91. The molecule has 3 rings (SSSR count). The van der Waals surface area contributed by atoms with E-state index in [0.29, 0.717) is 0 Å². The van der Waals surface area contributed by atoms with Crippen LogP contribution >= 0.6 is 0 Å². The molecule has 23 heavy (non-hydrogen) atoms. The van der Waals surface area contributed by atoms with Gasteiger partial charge in [0, 0.05) is 12.6 Å². The van der Waals surface area contributed by atoms with Crippen molar-refractivity contribution in [3.8, 4) is 11.5 Å². The van der Waals surface area contributed by atoms with E-state index in [2.05, 4.69) is 17.6 Å². The molecule has 1 unspecified atom stereocenters. The van der Waals surface area contributed by atoms with Crippen molar-refractivity contribution >= 4 is 11.6 Å². The Morgan fingerprint density at radius 2 is 2.04 bits per heavy atom. The number of hydrogen-bond acceptors (Lipinski definition) is 4. The molecule has 0 aliphatic carbocycles. The molecule has 2 N–H and O–H groups in total. The number of carbonyl (C=O) groups excluding carboxylic acids is 1. The molecule has 1 aliphatic rings. The lowest BCUT2D eigenvalue weighted by atomic mass is 10.1. The zero-order valence-corrected chi connectivity index (χ0v) is 13.3. The highest BCUT2D eigenvalue weighted by molar-refractivity contribution is 5.95. The Hall–Kier alpha value is -2.53. The maximum Gasteiger partial charge on any atom is 0.262 e. The molecule has 120 valence electrons. The average Bonchev–Trinajstić information content (AvgIpc) is 2.59. The van der Waals surface area contributed by atoms with Gasteiger partial charge in [0.05, 0.1) is 12.8 Å². The number of methoxy groups -OCH3 is 1. The summed E-state index contributed by atoms with van der Waals surface area (Å²) >= 11 is 0. The van der Waals surface area contributed by atoms with E-state index in [9.17, 15) is 4.79 Å². The summed E-state index contributed by atoms with van der Waals surface area (Å²) in [5.74, 6) is 1.46. The summed E-state index contributed by atoms with van der Waals surface area (Å²) in [6.07, 6.45) is 0. The molecule has 0 radical (unpaired) electrons. The Kier molecular flexibility index (Phi) is 4.48. The van der Waals surface area contributed by atoms with Gasteiger partial charge in [-0.15, -0.1) is 0 Å². The molecule has 1 aliphatic heterocycles. The minimum absolute atomic E-state index is 0.0810. The highest BCUT2D eigenvalue weighted by Gasteiger charge is 2.17. The van der Waals surface area contributed by atoms with Gasteiger partial charge in [-0.3, -0.25) is 4.79 Å². The van der Waals surface area contributed by atoms with E-state index in [4.69, 9.17) is 9.47 Å². The number of ether oxygens (including phenoxy) is 2. The van der Waals surface area contributed by atoms with Gasteiger partial charge in [0.15, 0.2) is 6.61 Å². The van der Waals surface area contributed by atoms with Gasteiger partial charge in [-0.05, 0) is 42.3 Å². The van der Waals surface area contributed by atoms with E-state index >= 15 is 0 Å². The quantitative estimate of drug-likeness (QED) is 0.891. The number of fused-ring (bicyclic) bond motifs is 1. The summed E-state index contributed by atoms with van der Waals surface area (Å²) in [5.41, 5.74) is 3.02. The third kappa shape index (κ3) is 3.63. The molecule has 1 amide bonds. The summed E-state index contributed by atoms with van der Waals surface area (Å²) in [5, 5.41) is 6.31. The summed E-state index contributed by atoms with van der Waals surface area (Å²) < 4.78 is 10.5. The molecule has 1 heterocycles. The van der Waals surface area contributed by atoms with Gasteiger partial charge in [0.1, 0.15) is 11.5 Å². The minimum Gasteiger partial charge on any atom is -0.497 e. The Labute approximate surface area is 135 Å². The van der Waals surface area contributed by atoms with E-state index < -0.39 is 0 Å². The van der Waals surface area contributed by atoms with Crippen LogP contribution in [0, 0.1) is 0 Å². The number of amides is 1. The van der Waals surface area contributed by atoms with Crippen LogP contribution in [0.15, 0.2) is 42.5 Å². The lowest BCUT2D eigenvalue weighted by molar-refractivity contribution is -0.118. The van der Waals surface area contributed by atoms with Crippen LogP contribution in [0.4, 0.5) is 5.69 Å². The smallest absolute Gasteiger partial charge is 0.262 e. The van der Waals surface area contributed by atoms with Gasteiger partial charge in [-0.25, -0.2) is 0 Å². The van der Waals surface area contributed by atoms with Crippen LogP contribution in [0.1, 0.15) is 24.1 Å². The molecule has 0 bridgehead atoms. The number of carbonyl (C=O) groups is 1. The monoisotopic (exact) mass is 312 g/mol. The number of rotatable bonds is 5. The van der Waals surface area contributed by atoms with E-state index in [-0.39, 0.29) is 18.6 Å². The van der Waals surface area contributed by atoms with Crippen molar-refractivity contribution in [1.82, 2.24) is 5.32 Å². The molecular formula is C18H20N2O3. The molecule has 5 nitrogen and oxygen atoms in total. The third-order valence-electron chi connectivity index (χ3n) is 3.91. The van der Waals surface area contributed by atoms with Crippen LogP contribution in [-0.4, -0.2) is 19.6 Å². The Morgan fingerprint density at radius 3 is 2.78 bits per heavy atom. The molecule has 0 saturated carbocycles. The molecule has 2 aromatic rings. The summed E-state index contributed by atoms with van der Waals surface area (Å²) in [7, 11) is 1.66. The highest BCUT2D eigenvalue weighted by Crippen LogP contribution is 2.30. The predicted octanol–water partition coefficient (Wildman–Crippen LogP) is 2.88. The van der Waals surface area contributed by atoms with Crippen molar-refractivity contribution in [2.45, 2.75) is 19.5 Å². The SMILES string of the molecule is COc1ccc(CNC(C)c2ccc3c(c2)NC(=O)CO3)cc1. The summed E-state index contributed by atoms with van der Waals surface area (Å²) in [4.78, 5) is 11.4. The van der Waals surface area contributed by atoms with Gasteiger partial charge < -0.3 is 20.1 Å². The second kappa shape index (κ2) is 6.71. The fraction of sp³-hybridized carbons (Fsp3) is 0.278. The standard InChI is InChI=1S/C18H20N2O3/c1-12(19-10-13-3-6-15(22-2)7-4-13)14-5-8-17-16(9-14)20-18(21)11-23-17/h3-9,12,19H,10-11H2,1-2H3,(H,20,21). The normalized spacial score (nSPS) is 14.4. The van der Waals surface area contributed by atoms with Gasteiger partial charge in [0.25, 0.3) is 5.91 Å². The molecule has 0 spiro atoms. The first-order valence-electron chi connectivity index (χ1n) is 7.58. The maximum atomic E-state index is 11.4. The van der Waals surface area contributed by atoms with E-state index in [0.717, 1.165) is 29.3 Å². The van der Waals surface area contributed by atoms with Crippen LogP contribution in [-0.2, 0) is 11.3 Å². The van der Waals surface area contributed by atoms with Gasteiger partial charge >= 0.3 is 0 Å². The molecule has 2 aromatic carbocycles. The first-order chi connectivity index (χ1) is 11.2. The van der Waals surface area contributed by atoms with Gasteiger partial charge in [-0.2, -0.15) is 0 Å². The van der Waals surface area contributed by atoms with E-state index in [1.165, 1.54) is 5.56 Å². The topological polar surface area (TPSA) is 59.6 Å². The maximum absolute atomic E-state index is 11.4. The van der Waals surface area contributed by atoms with E-state index in [1.807, 2.05) is 42.5 Å². The molecule has 0 saturated heterocycles. The largest absolute Gasteiger partial charge is 0.497 e. The van der Waals surface area contributed by atoms with Crippen molar-refractivity contribution < 1.29 is 14.3 Å². The van der Waals surface area contributed by atoms with Crippen LogP contribution in [0.2, 0.25) is 0 Å². The van der Waals surface area contributed by atoms with Crippen molar-refractivity contribution in [1.29, 1.82) is 0 Å². The van der Waals surface area contributed by atoms with Gasteiger partial charge in [0.2, 0.25) is 0 Å². The van der Waals surface area contributed by atoms with Crippen molar-refractivity contribution in [2.24, 2.45) is 0 Å². The molecule has 5 heteroatoms. The Bertz CT molecular complexity index is 698. The fourth-order valence-electron chi connectivity index (χ4n) is 2.50. The van der Waals surface area contributed by atoms with Crippen molar-refractivity contribution in [3.63, 3.8) is 0 Å². The molecular weight excluding hydrogens is 292 g/mol. The Balaban J connectivity index is 1.64. The summed E-state index contributed by atoms with van der Waals surface area (Å²) in [6, 6.07) is 14.0. The number of benzene rings is 2. The van der Waals surface area contributed by atoms with Gasteiger partial charge in [-0.1, -0.05) is 18.2 Å². The lowest BCUT2D eigenvalue weighted by Crippen LogP contribution is -2.26. The van der Waals surface area contributed by atoms with Crippen LogP contribution in [0.3, 0.4) is 0 Å². The lowest BCUT2D eigenvalue weighted by Gasteiger charge is -2.21. The van der Waals surface area contributed by atoms with Crippen LogP contribution in [0.25, 0.3) is 0 Å². The number of hydrogen-bond donors (Lipinski definition) is 2.